The Kier molecular flexibility index (Phi) is 48.5. The molecular formula is C18H23CrNO8. The molecule has 0 aromatic carbocycles. The van der Waals surface area contributed by atoms with Crippen LogP contribution in [-0.4, -0.2) is 49.2 Å². The van der Waals surface area contributed by atoms with Gasteiger partial charge in [-0.05, 0) is 0 Å². The number of hydrogen-bond acceptors (Lipinski definition) is 4. The minimum atomic E-state index is -0.105. The van der Waals surface area contributed by atoms with Crippen molar-refractivity contribution in [1.82, 2.24) is 4.90 Å². The van der Waals surface area contributed by atoms with E-state index in [9.17, 15) is 0 Å². The van der Waals surface area contributed by atoms with Gasteiger partial charge in [0.2, 0.25) is 0 Å². The van der Waals surface area contributed by atoms with Crippen molar-refractivity contribution >= 4 is 4.57 Å². The Morgan fingerprint density at radius 2 is 1.43 bits per heavy atom. The molecule has 1 heterocycles. The molecule has 28 heavy (non-hydrogen) atoms. The number of allylic oxidation sites excluding steroid dienone is 1. The summed E-state index contributed by atoms with van der Waals surface area (Å²) in [6.07, 6.45) is 4.07. The van der Waals surface area contributed by atoms with Crippen molar-refractivity contribution in [1.29, 1.82) is 0 Å². The maximum atomic E-state index is 7.50. The van der Waals surface area contributed by atoms with Crippen LogP contribution >= 0.6 is 0 Å². The first-order valence-electron chi connectivity index (χ1n) is 7.51. The van der Waals surface area contributed by atoms with Gasteiger partial charge in [-0.15, -0.1) is 0 Å². The number of likely N-dealkylation sites (N-methyl/N-ethyl adjacent to an activating group) is 1. The van der Waals surface area contributed by atoms with Gasteiger partial charge in [-0.25, -0.2) is 0 Å². The molecule has 1 rings (SSSR count). The van der Waals surface area contributed by atoms with E-state index < -0.39 is 0 Å². The zero-order valence-corrected chi connectivity index (χ0v) is 17.3. The fourth-order valence-corrected chi connectivity index (χ4v) is 2.20. The fraction of sp³-hybridized carbons (Fsp3) is 0.556. The molecule has 1 aliphatic rings. The maximum absolute atomic E-state index is 7.50. The van der Waals surface area contributed by atoms with E-state index in [4.69, 9.17) is 37.5 Å². The molecule has 0 N–H and O–H groups in total. The van der Waals surface area contributed by atoms with Gasteiger partial charge >= 0.3 is 174 Å². The van der Waals surface area contributed by atoms with Crippen molar-refractivity contribution in [2.75, 3.05) is 33.4 Å². The summed E-state index contributed by atoms with van der Waals surface area (Å²) in [6.45, 7) is 29.5. The van der Waals surface area contributed by atoms with Crippen LogP contribution in [0.4, 0.5) is 0 Å². The molecule has 1 aliphatic heterocycles. The van der Waals surface area contributed by atoms with Gasteiger partial charge in [0, 0.05) is 0 Å². The van der Waals surface area contributed by atoms with Gasteiger partial charge in [-0.1, -0.05) is 0 Å². The Hall–Kier alpha value is -1.48. The number of hydrogen-bond donors (Lipinski definition) is 0. The zero-order chi connectivity index (χ0) is 23.4. The average Bonchev–Trinajstić information content (AvgIpc) is 3.28. The van der Waals surface area contributed by atoms with Crippen LogP contribution in [-0.2, 0) is 53.3 Å². The Labute approximate surface area is 174 Å². The molecule has 0 amide bonds. The van der Waals surface area contributed by atoms with E-state index in [0.29, 0.717) is 19.8 Å². The third-order valence-electron chi connectivity index (χ3n) is 2.68. The predicted molar refractivity (Wildman–Crippen MR) is 87.6 cm³/mol. The van der Waals surface area contributed by atoms with Gasteiger partial charge in [0.1, 0.15) is 0 Å². The molecule has 1 fully saturated rings. The van der Waals surface area contributed by atoms with Gasteiger partial charge in [0.05, 0.1) is 0 Å². The molecule has 154 valence electrons. The summed E-state index contributed by atoms with van der Waals surface area (Å²) in [5, 5.41) is 0. The number of nitrogens with zero attached hydrogens (tertiary/aromatic N) is 1. The van der Waals surface area contributed by atoms with E-state index in [0.717, 1.165) is 24.0 Å². The van der Waals surface area contributed by atoms with Crippen LogP contribution in [0.15, 0.2) is 11.8 Å². The van der Waals surface area contributed by atoms with E-state index in [1.54, 1.807) is 0 Å². The third kappa shape index (κ3) is 24.5. The Morgan fingerprint density at radius 1 is 1.00 bits per heavy atom. The summed E-state index contributed by atoms with van der Waals surface area (Å²) in [4.78, 5) is 2.18. The second-order valence-electron chi connectivity index (χ2n) is 4.19. The van der Waals surface area contributed by atoms with Crippen molar-refractivity contribution in [3.05, 3.63) is 45.0 Å². The number of rotatable bonds is 8. The van der Waals surface area contributed by atoms with Gasteiger partial charge in [-0.2, -0.15) is 0 Å². The van der Waals surface area contributed by atoms with Crippen molar-refractivity contribution in [3.8, 4) is 0 Å². The number of ether oxygens (including phenoxy) is 3. The summed E-state index contributed by atoms with van der Waals surface area (Å²) in [5.41, 5.74) is 1.24. The molecule has 0 aliphatic carbocycles. The van der Waals surface area contributed by atoms with Crippen LogP contribution in [0.1, 0.15) is 26.7 Å². The molecule has 0 unspecified atom stereocenters. The van der Waals surface area contributed by atoms with Crippen molar-refractivity contribution < 1.29 is 53.3 Å². The first-order valence-corrected chi connectivity index (χ1v) is 8.14. The van der Waals surface area contributed by atoms with Crippen LogP contribution in [0.5, 0.6) is 0 Å². The van der Waals surface area contributed by atoms with Crippen LogP contribution in [0.3, 0.4) is 0 Å². The van der Waals surface area contributed by atoms with Gasteiger partial charge in [-0.3, -0.25) is 0 Å². The van der Waals surface area contributed by atoms with Crippen LogP contribution in [0.2, 0.25) is 0 Å². The van der Waals surface area contributed by atoms with E-state index in [2.05, 4.69) is 74.1 Å². The normalized spacial score (nSPS) is 11.4. The summed E-state index contributed by atoms with van der Waals surface area (Å²) in [7, 11) is 2.06. The van der Waals surface area contributed by atoms with Gasteiger partial charge in [0.15, 0.2) is 0 Å². The topological polar surface area (TPSA) is 130 Å². The SMILES string of the molecule is CCC/C(=C\[C](=[Cr])OCC)N(C)CC1OCCO1.[C-]#[O+].[C-]#[O+].[C-]#[O+].[C-]#[O+].[C-]#[O+]. The monoisotopic (exact) mass is 433 g/mol. The van der Waals surface area contributed by atoms with Crippen molar-refractivity contribution in [3.63, 3.8) is 0 Å². The molecule has 0 atom stereocenters. The Balaban J connectivity index is -0.000000153. The molecule has 0 aromatic rings. The zero-order valence-electron chi connectivity index (χ0n) is 16.0. The second kappa shape index (κ2) is 36.4. The molecule has 9 nitrogen and oxygen atoms in total. The standard InChI is InChI=1S/C13H23NO3.5CO.Cr/c1-4-6-12(7-8-15-5-2)14(3)11-13-16-9-10-17-13;5*1-2;/h7,13H,4-6,9-11H2,1-3H3;;;;;;/b12-7+;;;;;;. The Morgan fingerprint density at radius 3 is 1.79 bits per heavy atom. The third-order valence-corrected chi connectivity index (χ3v) is 3.05. The molecule has 0 bridgehead atoms. The van der Waals surface area contributed by atoms with E-state index in [1.165, 1.54) is 5.70 Å². The molecule has 0 saturated carbocycles. The van der Waals surface area contributed by atoms with Crippen molar-refractivity contribution in [2.45, 2.75) is 33.0 Å². The molecule has 0 radical (unpaired) electrons. The van der Waals surface area contributed by atoms with Crippen molar-refractivity contribution in [2.24, 2.45) is 0 Å². The molecular weight excluding hydrogens is 410 g/mol. The van der Waals surface area contributed by atoms with Crippen LogP contribution < -0.4 is 0 Å². The summed E-state index contributed by atoms with van der Waals surface area (Å²) >= 11 is 2.94. The van der Waals surface area contributed by atoms with Gasteiger partial charge in [0.25, 0.3) is 0 Å². The second-order valence-corrected chi connectivity index (χ2v) is 4.82. The summed E-state index contributed by atoms with van der Waals surface area (Å²) in [5.74, 6) is 0. The van der Waals surface area contributed by atoms with E-state index in [1.807, 2.05) is 6.92 Å². The van der Waals surface area contributed by atoms with Crippen LogP contribution in [0.25, 0.3) is 0 Å². The van der Waals surface area contributed by atoms with E-state index in [-0.39, 0.29) is 6.29 Å². The Bertz CT molecular complexity index is 441. The molecule has 1 saturated heterocycles. The molecule has 0 aromatic heterocycles. The first-order chi connectivity index (χ1) is 13.7. The quantitative estimate of drug-likeness (QED) is 0.424. The molecule has 10 heteroatoms. The summed E-state index contributed by atoms with van der Waals surface area (Å²) < 4.78 is 54.7. The fourth-order valence-electron chi connectivity index (χ4n) is 1.80. The first kappa shape index (κ1) is 37.3. The average molecular weight is 433 g/mol. The van der Waals surface area contributed by atoms with E-state index >= 15 is 0 Å². The molecule has 0 spiro atoms. The minimum absolute atomic E-state index is 0.105. The van der Waals surface area contributed by atoms with Gasteiger partial charge < -0.3 is 0 Å². The summed E-state index contributed by atoms with van der Waals surface area (Å²) in [6, 6.07) is 0. The van der Waals surface area contributed by atoms with Crippen LogP contribution in [0, 0.1) is 33.3 Å². The predicted octanol–water partition coefficient (Wildman–Crippen LogP) is 1.50.